The van der Waals surface area contributed by atoms with Crippen molar-refractivity contribution in [2.24, 2.45) is 29.6 Å². The zero-order valence-electron chi connectivity index (χ0n) is 20.6. The highest BCUT2D eigenvalue weighted by Gasteiger charge is 2.69. The Morgan fingerprint density at radius 2 is 1.51 bits per heavy atom. The lowest BCUT2D eigenvalue weighted by Crippen LogP contribution is -2.42. The number of nitrogens with zero attached hydrogens (tertiary/aromatic N) is 1. The van der Waals surface area contributed by atoms with Gasteiger partial charge in [0.1, 0.15) is 0 Å². The van der Waals surface area contributed by atoms with Crippen LogP contribution in [0.25, 0.3) is 11.1 Å². The molecule has 39 heavy (non-hydrogen) atoms. The lowest BCUT2D eigenvalue weighted by molar-refractivity contribution is -0.123. The maximum atomic E-state index is 13.9. The average molecular weight is 587 g/mol. The number of halogens is 1. The van der Waals surface area contributed by atoms with Gasteiger partial charge >= 0.3 is 0 Å². The van der Waals surface area contributed by atoms with Crippen LogP contribution in [0.15, 0.2) is 83.9 Å². The molecule has 194 valence electrons. The number of aromatic nitrogens is 1. The average Bonchev–Trinajstić information content (AvgIpc) is 3.69. The highest BCUT2D eigenvalue weighted by Crippen LogP contribution is 2.69. The van der Waals surface area contributed by atoms with Crippen LogP contribution in [0.5, 0.6) is 0 Å². The van der Waals surface area contributed by atoms with Crippen molar-refractivity contribution in [2.45, 2.75) is 22.6 Å². The Kier molecular flexibility index (Phi) is 5.50. The summed E-state index contributed by atoms with van der Waals surface area (Å²) in [4.78, 5) is 33.8. The monoisotopic (exact) mass is 586 g/mol. The third-order valence-corrected chi connectivity index (χ3v) is 12.4. The van der Waals surface area contributed by atoms with Gasteiger partial charge in [0.05, 0.1) is 22.5 Å². The molecular weight excluding hydrogens is 564 g/mol. The molecular formula is C31H23ClN2O2S3. The standard InChI is InChI=1S/C31H23ClN2O2S3/c32-18-10-12-19(13-11-18)34-29(35)24-20-14-21(25(24)30(34)36)26-23(20)22(27-28(38-26)33-31(37)39-27)17-8-6-16(7-9-17)15-4-2-1-3-5-15/h1-13,20-26H,14H2,(H,33,37). The number of hydrogen-bond acceptors (Lipinski definition) is 5. The first-order chi connectivity index (χ1) is 19.0. The van der Waals surface area contributed by atoms with Crippen LogP contribution < -0.4 is 4.90 Å². The second-order valence-corrected chi connectivity index (χ2v) is 14.3. The van der Waals surface area contributed by atoms with Crippen molar-refractivity contribution in [3.05, 3.63) is 98.3 Å². The number of carbonyl (C=O) groups excluding carboxylic acids is 2. The van der Waals surface area contributed by atoms with Crippen molar-refractivity contribution in [2.75, 3.05) is 4.90 Å². The summed E-state index contributed by atoms with van der Waals surface area (Å²) in [6, 6.07) is 26.3. The number of benzene rings is 3. The molecule has 8 rings (SSSR count). The molecule has 2 bridgehead atoms. The molecule has 7 unspecified atom stereocenters. The number of rotatable bonds is 3. The van der Waals surface area contributed by atoms with Crippen LogP contribution in [-0.2, 0) is 9.59 Å². The molecule has 4 aliphatic rings. The predicted molar refractivity (Wildman–Crippen MR) is 159 cm³/mol. The van der Waals surface area contributed by atoms with Crippen LogP contribution in [0.4, 0.5) is 5.69 Å². The fourth-order valence-corrected chi connectivity index (χ4v) is 11.2. The van der Waals surface area contributed by atoms with Crippen LogP contribution in [-0.4, -0.2) is 22.0 Å². The minimum absolute atomic E-state index is 0.0473. The van der Waals surface area contributed by atoms with Crippen molar-refractivity contribution < 1.29 is 9.59 Å². The van der Waals surface area contributed by atoms with Gasteiger partial charge in [-0.2, -0.15) is 0 Å². The quantitative estimate of drug-likeness (QED) is 0.196. The largest absolute Gasteiger partial charge is 0.332 e. The third-order valence-electron chi connectivity index (χ3n) is 9.19. The Hall–Kier alpha value is -2.71. The van der Waals surface area contributed by atoms with Crippen molar-refractivity contribution in [1.29, 1.82) is 0 Å². The second kappa shape index (κ2) is 8.90. The Morgan fingerprint density at radius 1 is 0.846 bits per heavy atom. The number of H-pyrrole nitrogens is 1. The van der Waals surface area contributed by atoms with E-state index in [4.69, 9.17) is 23.8 Å². The van der Waals surface area contributed by atoms with Gasteiger partial charge in [-0.1, -0.05) is 66.2 Å². The molecule has 1 N–H and O–H groups in total. The van der Waals surface area contributed by atoms with E-state index in [2.05, 4.69) is 53.5 Å². The lowest BCUT2D eigenvalue weighted by Gasteiger charge is -2.43. The molecule has 0 spiro atoms. The first-order valence-corrected chi connectivity index (χ1v) is 15.7. The number of hydrogen-bond donors (Lipinski definition) is 1. The highest BCUT2D eigenvalue weighted by molar-refractivity contribution is 8.00. The molecule has 2 amide bonds. The van der Waals surface area contributed by atoms with Gasteiger partial charge in [0, 0.05) is 21.1 Å². The predicted octanol–water partition coefficient (Wildman–Crippen LogP) is 7.80. The van der Waals surface area contributed by atoms with Gasteiger partial charge in [0.2, 0.25) is 11.8 Å². The van der Waals surface area contributed by atoms with E-state index in [-0.39, 0.29) is 52.6 Å². The van der Waals surface area contributed by atoms with Gasteiger partial charge in [-0.15, -0.1) is 23.1 Å². The van der Waals surface area contributed by atoms with Crippen LogP contribution in [0.2, 0.25) is 5.02 Å². The van der Waals surface area contributed by atoms with Crippen molar-refractivity contribution >= 4 is 64.4 Å². The fourth-order valence-electron chi connectivity index (χ4n) is 7.75. The molecule has 2 saturated carbocycles. The first kappa shape index (κ1) is 24.1. The van der Waals surface area contributed by atoms with E-state index < -0.39 is 0 Å². The molecule has 1 saturated heterocycles. The zero-order valence-corrected chi connectivity index (χ0v) is 23.8. The van der Waals surface area contributed by atoms with Crippen molar-refractivity contribution in [3.8, 4) is 11.1 Å². The van der Waals surface area contributed by atoms with E-state index in [1.807, 2.05) is 17.8 Å². The maximum absolute atomic E-state index is 13.9. The molecule has 7 atom stereocenters. The molecule has 0 radical (unpaired) electrons. The van der Waals surface area contributed by atoms with Gasteiger partial charge < -0.3 is 4.98 Å². The molecule has 3 heterocycles. The minimum atomic E-state index is -0.264. The Morgan fingerprint density at radius 3 is 2.23 bits per heavy atom. The van der Waals surface area contributed by atoms with E-state index in [0.717, 1.165) is 15.4 Å². The van der Waals surface area contributed by atoms with E-state index in [1.165, 1.54) is 26.5 Å². The van der Waals surface area contributed by atoms with Crippen molar-refractivity contribution in [3.63, 3.8) is 0 Å². The highest BCUT2D eigenvalue weighted by atomic mass is 35.5. The molecule has 4 nitrogen and oxygen atoms in total. The summed E-state index contributed by atoms with van der Waals surface area (Å²) in [5, 5.41) is 1.99. The molecule has 8 heteroatoms. The number of carbonyl (C=O) groups is 2. The van der Waals surface area contributed by atoms with Crippen LogP contribution in [0, 0.1) is 33.5 Å². The van der Waals surface area contributed by atoms with Gasteiger partial charge in [-0.3, -0.25) is 14.5 Å². The van der Waals surface area contributed by atoms with Crippen LogP contribution >= 0.6 is 46.9 Å². The molecule has 4 aromatic rings. The van der Waals surface area contributed by atoms with Crippen molar-refractivity contribution in [1.82, 2.24) is 4.98 Å². The topological polar surface area (TPSA) is 53.2 Å². The summed E-state index contributed by atoms with van der Waals surface area (Å²) in [7, 11) is 0. The lowest BCUT2D eigenvalue weighted by atomic mass is 9.68. The number of fused-ring (bicyclic) bond motifs is 9. The Labute approximate surface area is 244 Å². The SMILES string of the molecule is O=C1C2C3CC(C2C(=O)N1c1ccc(Cl)cc1)C1C(c2ccc(-c4ccccc4)cc2)c2sc(=S)[nH]c2SC31. The van der Waals surface area contributed by atoms with Crippen LogP contribution in [0.3, 0.4) is 0 Å². The Balaban J connectivity index is 1.19. The zero-order chi connectivity index (χ0) is 26.4. The summed E-state index contributed by atoms with van der Waals surface area (Å²) in [6.07, 6.45) is 0.928. The van der Waals surface area contributed by atoms with E-state index in [1.54, 1.807) is 35.6 Å². The van der Waals surface area contributed by atoms with Gasteiger partial charge in [0.25, 0.3) is 0 Å². The summed E-state index contributed by atoms with van der Waals surface area (Å²) < 4.78 is 0.784. The van der Waals surface area contributed by atoms with Gasteiger partial charge in [-0.05, 0) is 77.3 Å². The van der Waals surface area contributed by atoms with E-state index in [9.17, 15) is 9.59 Å². The fraction of sp³-hybridized carbons (Fsp3) is 0.258. The summed E-state index contributed by atoms with van der Waals surface area (Å²) >= 11 is 15.2. The number of aromatic amines is 1. The van der Waals surface area contributed by atoms with Crippen LogP contribution in [0.1, 0.15) is 22.8 Å². The Bertz CT molecular complexity index is 1680. The molecule has 3 fully saturated rings. The number of amides is 2. The number of thioether (sulfide) groups is 1. The molecule has 1 aromatic heterocycles. The minimum Gasteiger partial charge on any atom is -0.332 e. The molecule has 3 aromatic carbocycles. The smallest absolute Gasteiger partial charge is 0.238 e. The number of anilines is 1. The first-order valence-electron chi connectivity index (χ1n) is 13.2. The second-order valence-electron chi connectivity index (χ2n) is 10.9. The molecule has 2 aliphatic heterocycles. The summed E-state index contributed by atoms with van der Waals surface area (Å²) in [6.45, 7) is 0. The maximum Gasteiger partial charge on any atom is 0.238 e. The summed E-state index contributed by atoms with van der Waals surface area (Å²) in [5.74, 6) is 0.146. The molecule has 2 aliphatic carbocycles. The van der Waals surface area contributed by atoms with Gasteiger partial charge in [-0.25, -0.2) is 0 Å². The van der Waals surface area contributed by atoms with E-state index >= 15 is 0 Å². The number of imide groups is 1. The third kappa shape index (κ3) is 3.53. The number of thiazole rings is 1. The van der Waals surface area contributed by atoms with Gasteiger partial charge in [0.15, 0.2) is 3.95 Å². The summed E-state index contributed by atoms with van der Waals surface area (Å²) in [5.41, 5.74) is 4.26. The number of nitrogens with one attached hydrogen (secondary N) is 1. The van der Waals surface area contributed by atoms with E-state index in [0.29, 0.717) is 10.7 Å². The normalized spacial score (nSPS) is 30.4.